The number of rotatable bonds is 0. The normalized spacial score (nSPS) is 28.0. The van der Waals surface area contributed by atoms with Gasteiger partial charge in [-0.2, -0.15) is 0 Å². The number of hydrogen-bond donors (Lipinski definition) is 1. The summed E-state index contributed by atoms with van der Waals surface area (Å²) in [7, 11) is 0. The second kappa shape index (κ2) is 2.21. The molecule has 1 radical (unpaired) electrons. The molecular weight excluding hydrogens is 124 g/mol. The van der Waals surface area contributed by atoms with Crippen molar-refractivity contribution in [1.82, 2.24) is 10.6 Å². The molecule has 2 heterocycles. The van der Waals surface area contributed by atoms with Crippen LogP contribution in [0.4, 0.5) is 0 Å². The van der Waals surface area contributed by atoms with E-state index >= 15 is 0 Å². The molecule has 1 unspecified atom stereocenters. The molecule has 10 heavy (non-hydrogen) atoms. The van der Waals surface area contributed by atoms with Crippen molar-refractivity contribution in [2.45, 2.75) is 6.04 Å². The van der Waals surface area contributed by atoms with E-state index in [1.807, 2.05) is 24.6 Å². The number of nitrogens with one attached hydrogen (secondary N) is 1. The van der Waals surface area contributed by atoms with Crippen molar-refractivity contribution in [1.29, 1.82) is 0 Å². The molecule has 0 saturated carbocycles. The predicted octanol–water partition coefficient (Wildman–Crippen LogP) is 0.530. The summed E-state index contributed by atoms with van der Waals surface area (Å²) in [6.45, 7) is 0.868. The van der Waals surface area contributed by atoms with E-state index in [1.165, 1.54) is 5.57 Å². The molecule has 0 aromatic rings. The average Bonchev–Trinajstić information content (AvgIpc) is 2.05. The Morgan fingerprint density at radius 2 is 2.60 bits per heavy atom. The molecule has 51 valence electrons. The van der Waals surface area contributed by atoms with E-state index < -0.39 is 0 Å². The molecule has 2 rings (SSSR count). The molecule has 0 bridgehead atoms. The van der Waals surface area contributed by atoms with Crippen molar-refractivity contribution < 1.29 is 0 Å². The van der Waals surface area contributed by atoms with Gasteiger partial charge in [0, 0.05) is 6.20 Å². The largest absolute Gasteiger partial charge is 0.382 e. The SMILES string of the molecule is C1=CNC2C[N]C=CC2=C1. The first-order valence-electron chi connectivity index (χ1n) is 3.43. The van der Waals surface area contributed by atoms with Crippen molar-refractivity contribution in [2.24, 2.45) is 0 Å². The number of nitrogens with zero attached hydrogens (tertiary/aromatic N) is 1. The highest BCUT2D eigenvalue weighted by molar-refractivity contribution is 5.34. The summed E-state index contributed by atoms with van der Waals surface area (Å²) in [6.07, 6.45) is 10.0. The van der Waals surface area contributed by atoms with Crippen molar-refractivity contribution in [3.63, 3.8) is 0 Å². The van der Waals surface area contributed by atoms with Gasteiger partial charge in [0.25, 0.3) is 0 Å². The quantitative estimate of drug-likeness (QED) is 0.512. The predicted molar refractivity (Wildman–Crippen MR) is 40.3 cm³/mol. The highest BCUT2D eigenvalue weighted by Gasteiger charge is 2.14. The maximum Gasteiger partial charge on any atom is 0.0704 e. The van der Waals surface area contributed by atoms with Gasteiger partial charge in [-0.05, 0) is 23.9 Å². The molecule has 0 aromatic heterocycles. The second-order valence-corrected chi connectivity index (χ2v) is 2.43. The van der Waals surface area contributed by atoms with Crippen LogP contribution in [0.5, 0.6) is 0 Å². The molecule has 0 spiro atoms. The van der Waals surface area contributed by atoms with E-state index in [-0.39, 0.29) is 0 Å². The lowest BCUT2D eigenvalue weighted by molar-refractivity contribution is 0.611. The Morgan fingerprint density at radius 1 is 1.60 bits per heavy atom. The number of fused-ring (bicyclic) bond motifs is 1. The van der Waals surface area contributed by atoms with Crippen LogP contribution < -0.4 is 10.6 Å². The lowest BCUT2D eigenvalue weighted by Crippen LogP contribution is -2.36. The minimum atomic E-state index is 0.426. The molecule has 2 nitrogen and oxygen atoms in total. The van der Waals surface area contributed by atoms with E-state index in [0.29, 0.717) is 6.04 Å². The van der Waals surface area contributed by atoms with Crippen LogP contribution in [0.2, 0.25) is 0 Å². The molecule has 2 heteroatoms. The van der Waals surface area contributed by atoms with Gasteiger partial charge in [-0.1, -0.05) is 6.08 Å². The van der Waals surface area contributed by atoms with Gasteiger partial charge in [-0.15, -0.1) is 0 Å². The van der Waals surface area contributed by atoms with Crippen LogP contribution in [0.25, 0.3) is 0 Å². The Balaban J connectivity index is 2.27. The molecular formula is C8H9N2. The Bertz CT molecular complexity index is 213. The summed E-state index contributed by atoms with van der Waals surface area (Å²) in [6, 6.07) is 0.426. The lowest BCUT2D eigenvalue weighted by atomic mass is 10.0. The van der Waals surface area contributed by atoms with Crippen molar-refractivity contribution >= 4 is 0 Å². The standard InChI is InChI=1S/C8H9N2/c1-2-7-3-5-9-6-8(7)10-4-1/h1-5,8,10H,6H2. The highest BCUT2D eigenvalue weighted by atomic mass is 15.0. The zero-order valence-corrected chi connectivity index (χ0v) is 5.62. The fourth-order valence-corrected chi connectivity index (χ4v) is 1.18. The number of allylic oxidation sites excluding steroid dienone is 2. The van der Waals surface area contributed by atoms with Gasteiger partial charge in [0.1, 0.15) is 0 Å². The van der Waals surface area contributed by atoms with E-state index in [2.05, 4.69) is 16.7 Å². The summed E-state index contributed by atoms with van der Waals surface area (Å²) >= 11 is 0. The van der Waals surface area contributed by atoms with Gasteiger partial charge < -0.3 is 5.32 Å². The van der Waals surface area contributed by atoms with Gasteiger partial charge >= 0.3 is 0 Å². The molecule has 0 amide bonds. The van der Waals surface area contributed by atoms with Crippen LogP contribution in [0.3, 0.4) is 0 Å². The second-order valence-electron chi connectivity index (χ2n) is 2.43. The molecule has 2 aliphatic rings. The minimum absolute atomic E-state index is 0.426. The zero-order valence-electron chi connectivity index (χ0n) is 5.62. The van der Waals surface area contributed by atoms with E-state index in [0.717, 1.165) is 6.54 Å². The monoisotopic (exact) mass is 133 g/mol. The van der Waals surface area contributed by atoms with E-state index in [4.69, 9.17) is 0 Å². The van der Waals surface area contributed by atoms with Crippen molar-refractivity contribution in [3.05, 3.63) is 36.2 Å². The van der Waals surface area contributed by atoms with Gasteiger partial charge in [0.05, 0.1) is 12.6 Å². The maximum atomic E-state index is 4.14. The molecule has 1 N–H and O–H groups in total. The minimum Gasteiger partial charge on any atom is -0.382 e. The molecule has 1 atom stereocenters. The fourth-order valence-electron chi connectivity index (χ4n) is 1.18. The van der Waals surface area contributed by atoms with Crippen molar-refractivity contribution in [2.75, 3.05) is 6.54 Å². The van der Waals surface area contributed by atoms with E-state index in [9.17, 15) is 0 Å². The Labute approximate surface area is 60.3 Å². The zero-order chi connectivity index (χ0) is 6.81. The third kappa shape index (κ3) is 0.817. The third-order valence-electron chi connectivity index (χ3n) is 1.75. The first kappa shape index (κ1) is 5.59. The molecule has 0 fully saturated rings. The Hall–Kier alpha value is -1.18. The summed E-state index contributed by atoms with van der Waals surface area (Å²) < 4.78 is 0. The summed E-state index contributed by atoms with van der Waals surface area (Å²) in [5, 5.41) is 7.37. The average molecular weight is 133 g/mol. The van der Waals surface area contributed by atoms with Crippen LogP contribution >= 0.6 is 0 Å². The molecule has 2 aliphatic heterocycles. The fraction of sp³-hybridized carbons (Fsp3) is 0.250. The van der Waals surface area contributed by atoms with E-state index in [1.54, 1.807) is 0 Å². The van der Waals surface area contributed by atoms with Crippen LogP contribution in [0.15, 0.2) is 36.2 Å². The molecule has 0 aliphatic carbocycles. The van der Waals surface area contributed by atoms with Crippen LogP contribution in [0, 0.1) is 0 Å². The first-order chi connectivity index (χ1) is 4.97. The van der Waals surface area contributed by atoms with Gasteiger partial charge in [-0.3, -0.25) is 5.32 Å². The number of hydrogen-bond acceptors (Lipinski definition) is 1. The van der Waals surface area contributed by atoms with Crippen molar-refractivity contribution in [3.8, 4) is 0 Å². The smallest absolute Gasteiger partial charge is 0.0704 e. The lowest BCUT2D eigenvalue weighted by Gasteiger charge is -2.23. The van der Waals surface area contributed by atoms with Gasteiger partial charge in [0.2, 0.25) is 0 Å². The van der Waals surface area contributed by atoms with Crippen LogP contribution in [0.1, 0.15) is 0 Å². The summed E-state index contributed by atoms with van der Waals surface area (Å²) in [5.74, 6) is 0. The number of dihydropyridines is 1. The highest BCUT2D eigenvalue weighted by Crippen LogP contribution is 2.11. The molecule has 0 saturated heterocycles. The Morgan fingerprint density at radius 3 is 3.50 bits per heavy atom. The summed E-state index contributed by atoms with van der Waals surface area (Å²) in [5.41, 5.74) is 1.33. The summed E-state index contributed by atoms with van der Waals surface area (Å²) in [4.78, 5) is 0. The first-order valence-corrected chi connectivity index (χ1v) is 3.43. The third-order valence-corrected chi connectivity index (χ3v) is 1.75. The Kier molecular flexibility index (Phi) is 1.24. The van der Waals surface area contributed by atoms with Gasteiger partial charge in [0.15, 0.2) is 0 Å². The topological polar surface area (TPSA) is 26.1 Å². The van der Waals surface area contributed by atoms with Crippen LogP contribution in [-0.4, -0.2) is 12.6 Å². The van der Waals surface area contributed by atoms with Crippen LogP contribution in [-0.2, 0) is 0 Å². The maximum absolute atomic E-state index is 4.14. The van der Waals surface area contributed by atoms with Gasteiger partial charge in [-0.25, -0.2) is 0 Å². The molecule has 0 aromatic carbocycles.